The molecule has 23 heavy (non-hydrogen) atoms. The molecule has 1 atom stereocenters. The van der Waals surface area contributed by atoms with Gasteiger partial charge in [0.15, 0.2) is 11.6 Å². The van der Waals surface area contributed by atoms with Crippen molar-refractivity contribution in [1.29, 1.82) is 0 Å². The summed E-state index contributed by atoms with van der Waals surface area (Å²) < 4.78 is 26.3. The highest BCUT2D eigenvalue weighted by Gasteiger charge is 2.20. The molecule has 0 saturated carbocycles. The summed E-state index contributed by atoms with van der Waals surface area (Å²) in [5.74, 6) is -2.07. The van der Waals surface area contributed by atoms with Crippen LogP contribution in [-0.4, -0.2) is 40.6 Å². The van der Waals surface area contributed by atoms with E-state index in [4.69, 9.17) is 0 Å². The van der Waals surface area contributed by atoms with E-state index in [-0.39, 0.29) is 5.91 Å². The topological polar surface area (TPSA) is 53.4 Å². The van der Waals surface area contributed by atoms with Crippen LogP contribution in [-0.2, 0) is 0 Å². The molecule has 0 aliphatic rings. The maximum absolute atomic E-state index is 13.3. The average Bonchev–Trinajstić information content (AvgIpc) is 2.88. The molecule has 0 fully saturated rings. The van der Waals surface area contributed by atoms with Gasteiger partial charge in [-0.15, -0.1) is 11.3 Å². The van der Waals surface area contributed by atoms with Gasteiger partial charge in [0.25, 0.3) is 5.91 Å². The Bertz CT molecular complexity index is 716. The molecule has 1 amide bonds. The standard InChI is InChI=1S/C16H18F2N2O2S/c1-9(21)6-7-20(3)16(22)14-10(2)19-15(23-14)11-4-5-12(17)13(18)8-11/h4-5,8-9,21H,6-7H2,1-3H3. The fourth-order valence-corrected chi connectivity index (χ4v) is 3.06. The smallest absolute Gasteiger partial charge is 0.265 e. The molecule has 1 aromatic heterocycles. The third kappa shape index (κ3) is 4.11. The zero-order valence-corrected chi connectivity index (χ0v) is 14.0. The molecule has 0 bridgehead atoms. The number of benzene rings is 1. The summed E-state index contributed by atoms with van der Waals surface area (Å²) in [5, 5.41) is 9.76. The first kappa shape index (κ1) is 17.5. The van der Waals surface area contributed by atoms with Crippen molar-refractivity contribution in [3.63, 3.8) is 0 Å². The third-order valence-electron chi connectivity index (χ3n) is 3.39. The van der Waals surface area contributed by atoms with Crippen LogP contribution in [0.15, 0.2) is 18.2 Å². The first-order chi connectivity index (χ1) is 10.8. The van der Waals surface area contributed by atoms with Gasteiger partial charge in [-0.3, -0.25) is 4.79 Å². The Balaban J connectivity index is 2.23. The summed E-state index contributed by atoms with van der Waals surface area (Å²) in [6.45, 7) is 3.79. The highest BCUT2D eigenvalue weighted by molar-refractivity contribution is 7.17. The van der Waals surface area contributed by atoms with Crippen molar-refractivity contribution >= 4 is 17.2 Å². The Morgan fingerprint density at radius 2 is 2.09 bits per heavy atom. The maximum Gasteiger partial charge on any atom is 0.265 e. The number of rotatable bonds is 5. The maximum atomic E-state index is 13.3. The van der Waals surface area contributed by atoms with Crippen LogP contribution in [0.2, 0.25) is 0 Å². The molecule has 1 aromatic carbocycles. The molecule has 0 saturated heterocycles. The van der Waals surface area contributed by atoms with Crippen molar-refractivity contribution in [3.8, 4) is 10.6 Å². The summed E-state index contributed by atoms with van der Waals surface area (Å²) in [5.41, 5.74) is 0.978. The molecular formula is C16H18F2N2O2S. The lowest BCUT2D eigenvalue weighted by Crippen LogP contribution is -2.29. The van der Waals surface area contributed by atoms with Crippen molar-refractivity contribution in [2.24, 2.45) is 0 Å². The number of amides is 1. The van der Waals surface area contributed by atoms with Gasteiger partial charge in [0.2, 0.25) is 0 Å². The van der Waals surface area contributed by atoms with E-state index in [9.17, 15) is 18.7 Å². The molecule has 0 aliphatic heterocycles. The number of carbonyl (C=O) groups excluding carboxylic acids is 1. The van der Waals surface area contributed by atoms with Gasteiger partial charge < -0.3 is 10.0 Å². The van der Waals surface area contributed by atoms with E-state index < -0.39 is 17.7 Å². The number of carbonyl (C=O) groups is 1. The van der Waals surface area contributed by atoms with Crippen LogP contribution in [0, 0.1) is 18.6 Å². The highest BCUT2D eigenvalue weighted by Crippen LogP contribution is 2.29. The molecule has 0 spiro atoms. The van der Waals surface area contributed by atoms with Crippen molar-refractivity contribution in [2.75, 3.05) is 13.6 Å². The van der Waals surface area contributed by atoms with E-state index in [1.54, 1.807) is 20.9 Å². The average molecular weight is 340 g/mol. The lowest BCUT2D eigenvalue weighted by atomic mass is 10.2. The van der Waals surface area contributed by atoms with Crippen molar-refractivity contribution < 1.29 is 18.7 Å². The van der Waals surface area contributed by atoms with Gasteiger partial charge in [0, 0.05) is 19.2 Å². The zero-order chi connectivity index (χ0) is 17.1. The molecule has 4 nitrogen and oxygen atoms in total. The van der Waals surface area contributed by atoms with Crippen LogP contribution in [0.25, 0.3) is 10.6 Å². The van der Waals surface area contributed by atoms with Gasteiger partial charge in [-0.25, -0.2) is 13.8 Å². The van der Waals surface area contributed by atoms with Crippen molar-refractivity contribution in [2.45, 2.75) is 26.4 Å². The van der Waals surface area contributed by atoms with Gasteiger partial charge in [0.05, 0.1) is 11.8 Å². The predicted octanol–water partition coefficient (Wildman–Crippen LogP) is 3.24. The van der Waals surface area contributed by atoms with Gasteiger partial charge in [-0.2, -0.15) is 0 Å². The number of hydrogen-bond donors (Lipinski definition) is 1. The van der Waals surface area contributed by atoms with Crippen LogP contribution in [0.3, 0.4) is 0 Å². The van der Waals surface area contributed by atoms with E-state index in [1.807, 2.05) is 0 Å². The number of halogens is 2. The van der Waals surface area contributed by atoms with E-state index in [0.29, 0.717) is 34.1 Å². The molecule has 2 rings (SSSR count). The Morgan fingerprint density at radius 1 is 1.39 bits per heavy atom. The molecule has 0 aliphatic carbocycles. The molecule has 124 valence electrons. The first-order valence-corrected chi connectivity index (χ1v) is 7.97. The summed E-state index contributed by atoms with van der Waals surface area (Å²) in [6.07, 6.45) is 0.00130. The quantitative estimate of drug-likeness (QED) is 0.909. The number of aliphatic hydroxyl groups excluding tert-OH is 1. The normalized spacial score (nSPS) is 12.3. The highest BCUT2D eigenvalue weighted by atomic mass is 32.1. The van der Waals surface area contributed by atoms with E-state index in [2.05, 4.69) is 4.98 Å². The van der Waals surface area contributed by atoms with Crippen LogP contribution in [0.4, 0.5) is 8.78 Å². The van der Waals surface area contributed by atoms with Crippen molar-refractivity contribution in [3.05, 3.63) is 40.4 Å². The fraction of sp³-hybridized carbons (Fsp3) is 0.375. The van der Waals surface area contributed by atoms with Crippen molar-refractivity contribution in [1.82, 2.24) is 9.88 Å². The van der Waals surface area contributed by atoms with Gasteiger partial charge in [-0.05, 0) is 38.5 Å². The predicted molar refractivity (Wildman–Crippen MR) is 85.5 cm³/mol. The van der Waals surface area contributed by atoms with E-state index in [0.717, 1.165) is 23.5 Å². The molecule has 1 unspecified atom stereocenters. The molecule has 1 N–H and O–H groups in total. The van der Waals surface area contributed by atoms with Crippen LogP contribution in [0.5, 0.6) is 0 Å². The van der Waals surface area contributed by atoms with Crippen LogP contribution in [0.1, 0.15) is 28.7 Å². The second kappa shape index (κ2) is 7.14. The minimum absolute atomic E-state index is 0.200. The Kier molecular flexibility index (Phi) is 5.43. The number of aryl methyl sites for hydroxylation is 1. The molecule has 1 heterocycles. The van der Waals surface area contributed by atoms with E-state index in [1.165, 1.54) is 11.0 Å². The van der Waals surface area contributed by atoms with Crippen LogP contribution >= 0.6 is 11.3 Å². The number of thiazole rings is 1. The molecule has 0 radical (unpaired) electrons. The number of hydrogen-bond acceptors (Lipinski definition) is 4. The van der Waals surface area contributed by atoms with Gasteiger partial charge >= 0.3 is 0 Å². The molecule has 7 heteroatoms. The Morgan fingerprint density at radius 3 is 2.70 bits per heavy atom. The Hall–Kier alpha value is -1.86. The first-order valence-electron chi connectivity index (χ1n) is 7.16. The number of nitrogens with zero attached hydrogens (tertiary/aromatic N) is 2. The minimum atomic E-state index is -0.947. The summed E-state index contributed by atoms with van der Waals surface area (Å²) in [7, 11) is 1.65. The molecular weight excluding hydrogens is 322 g/mol. The summed E-state index contributed by atoms with van der Waals surface area (Å²) in [4.78, 5) is 18.7. The van der Waals surface area contributed by atoms with E-state index >= 15 is 0 Å². The SMILES string of the molecule is Cc1nc(-c2ccc(F)c(F)c2)sc1C(=O)N(C)CCC(C)O. The van der Waals surface area contributed by atoms with Crippen LogP contribution < -0.4 is 0 Å². The Labute approximate surface area is 137 Å². The summed E-state index contributed by atoms with van der Waals surface area (Å²) >= 11 is 1.14. The zero-order valence-electron chi connectivity index (χ0n) is 13.1. The lowest BCUT2D eigenvalue weighted by molar-refractivity contribution is 0.0772. The fourth-order valence-electron chi connectivity index (χ4n) is 2.00. The largest absolute Gasteiger partial charge is 0.393 e. The summed E-state index contributed by atoms with van der Waals surface area (Å²) in [6, 6.07) is 3.54. The third-order valence-corrected chi connectivity index (χ3v) is 4.58. The number of aromatic nitrogens is 1. The second-order valence-corrected chi connectivity index (χ2v) is 6.43. The van der Waals surface area contributed by atoms with Gasteiger partial charge in [-0.1, -0.05) is 0 Å². The van der Waals surface area contributed by atoms with Gasteiger partial charge in [0.1, 0.15) is 9.88 Å². The lowest BCUT2D eigenvalue weighted by Gasteiger charge is -2.17. The minimum Gasteiger partial charge on any atom is -0.393 e. The second-order valence-electron chi connectivity index (χ2n) is 5.43. The number of aliphatic hydroxyl groups is 1. The monoisotopic (exact) mass is 340 g/mol. The molecule has 2 aromatic rings.